The second-order valence-electron chi connectivity index (χ2n) is 4.77. The zero-order valence-corrected chi connectivity index (χ0v) is 10.7. The predicted molar refractivity (Wildman–Crippen MR) is 69.5 cm³/mol. The Bertz CT molecular complexity index is 342. The Hall–Kier alpha value is -0.900. The van der Waals surface area contributed by atoms with E-state index in [1.54, 1.807) is 0 Å². The Kier molecular flexibility index (Phi) is 4.15. The highest BCUT2D eigenvalue weighted by Gasteiger charge is 2.28. The Labute approximate surface area is 103 Å². The number of rotatable bonds is 5. The number of aliphatic hydroxyl groups excluding tert-OH is 1. The number of hydrogen-bond donors (Lipinski definition) is 2. The van der Waals surface area contributed by atoms with Gasteiger partial charge in [-0.2, -0.15) is 0 Å². The van der Waals surface area contributed by atoms with E-state index in [4.69, 9.17) is 0 Å². The molecule has 17 heavy (non-hydrogen) atoms. The Morgan fingerprint density at radius 3 is 2.35 bits per heavy atom. The number of fused-ring (bicyclic) bond motifs is 1. The van der Waals surface area contributed by atoms with E-state index in [0.29, 0.717) is 0 Å². The van der Waals surface area contributed by atoms with Gasteiger partial charge in [0, 0.05) is 19.1 Å². The van der Waals surface area contributed by atoms with Gasteiger partial charge < -0.3 is 10.4 Å². The molecule has 1 aliphatic heterocycles. The maximum Gasteiger partial charge on any atom is 0.123 e. The van der Waals surface area contributed by atoms with Crippen LogP contribution >= 0.6 is 0 Å². The quantitative estimate of drug-likeness (QED) is 0.814. The molecule has 0 radical (unpaired) electrons. The third-order valence-corrected chi connectivity index (χ3v) is 3.57. The van der Waals surface area contributed by atoms with E-state index in [1.165, 1.54) is 11.1 Å². The fourth-order valence-corrected chi connectivity index (χ4v) is 2.55. The van der Waals surface area contributed by atoms with Crippen LogP contribution in [-0.4, -0.2) is 29.3 Å². The van der Waals surface area contributed by atoms with Gasteiger partial charge in [-0.1, -0.05) is 37.6 Å². The second kappa shape index (κ2) is 5.63. The van der Waals surface area contributed by atoms with E-state index >= 15 is 0 Å². The summed E-state index contributed by atoms with van der Waals surface area (Å²) in [7, 11) is 1.92. The van der Waals surface area contributed by atoms with E-state index in [9.17, 15) is 5.11 Å². The van der Waals surface area contributed by atoms with Crippen molar-refractivity contribution in [3.63, 3.8) is 0 Å². The number of benzene rings is 1. The van der Waals surface area contributed by atoms with Crippen LogP contribution in [0.2, 0.25) is 0 Å². The number of aliphatic hydroxyl groups is 1. The van der Waals surface area contributed by atoms with Crippen LogP contribution < -0.4 is 5.32 Å². The van der Waals surface area contributed by atoms with Gasteiger partial charge in [0.25, 0.3) is 0 Å². The van der Waals surface area contributed by atoms with Gasteiger partial charge in [0.05, 0.1) is 0 Å². The number of likely N-dealkylation sites (N-methyl/N-ethyl adjacent to an activating group) is 1. The fraction of sp³-hybridized carbons (Fsp3) is 0.571. The molecular formula is C14H22N2O. The van der Waals surface area contributed by atoms with Gasteiger partial charge in [0.15, 0.2) is 0 Å². The van der Waals surface area contributed by atoms with Crippen LogP contribution in [0, 0.1) is 0 Å². The molecule has 0 spiro atoms. The molecule has 3 nitrogen and oxygen atoms in total. The van der Waals surface area contributed by atoms with Gasteiger partial charge >= 0.3 is 0 Å². The SMILES string of the molecule is CCCC(NC)C(O)N1Cc2ccccc2C1. The molecule has 1 aromatic carbocycles. The summed E-state index contributed by atoms with van der Waals surface area (Å²) in [6, 6.07) is 8.59. The molecule has 0 saturated carbocycles. The molecule has 0 saturated heterocycles. The summed E-state index contributed by atoms with van der Waals surface area (Å²) < 4.78 is 0. The lowest BCUT2D eigenvalue weighted by Crippen LogP contribution is -2.46. The predicted octanol–water partition coefficient (Wildman–Crippen LogP) is 1.71. The minimum Gasteiger partial charge on any atom is -0.377 e. The van der Waals surface area contributed by atoms with Crippen LogP contribution in [0.25, 0.3) is 0 Å². The topological polar surface area (TPSA) is 35.5 Å². The largest absolute Gasteiger partial charge is 0.377 e. The molecule has 3 heteroatoms. The van der Waals surface area contributed by atoms with Crippen molar-refractivity contribution in [2.24, 2.45) is 0 Å². The van der Waals surface area contributed by atoms with Crippen molar-refractivity contribution in [1.29, 1.82) is 0 Å². The van der Waals surface area contributed by atoms with Gasteiger partial charge in [-0.3, -0.25) is 4.90 Å². The first kappa shape index (κ1) is 12.6. The second-order valence-corrected chi connectivity index (χ2v) is 4.77. The minimum absolute atomic E-state index is 0.161. The fourth-order valence-electron chi connectivity index (χ4n) is 2.55. The molecule has 2 rings (SSSR count). The van der Waals surface area contributed by atoms with Crippen LogP contribution in [0.3, 0.4) is 0 Å². The molecule has 1 heterocycles. The maximum atomic E-state index is 10.4. The molecule has 0 amide bonds. The molecule has 2 unspecified atom stereocenters. The Morgan fingerprint density at radius 1 is 1.29 bits per heavy atom. The monoisotopic (exact) mass is 234 g/mol. The lowest BCUT2D eigenvalue weighted by atomic mass is 10.1. The van der Waals surface area contributed by atoms with Crippen molar-refractivity contribution in [1.82, 2.24) is 10.2 Å². The maximum absolute atomic E-state index is 10.4. The zero-order valence-electron chi connectivity index (χ0n) is 10.7. The summed E-state index contributed by atoms with van der Waals surface area (Å²) in [4.78, 5) is 2.14. The smallest absolute Gasteiger partial charge is 0.123 e. The van der Waals surface area contributed by atoms with Gasteiger partial charge in [0.1, 0.15) is 6.23 Å². The summed E-state index contributed by atoms with van der Waals surface area (Å²) in [6.45, 7) is 3.87. The summed E-state index contributed by atoms with van der Waals surface area (Å²) in [6.07, 6.45) is 1.70. The highest BCUT2D eigenvalue weighted by molar-refractivity contribution is 5.30. The molecule has 0 fully saturated rings. The molecule has 0 bridgehead atoms. The van der Waals surface area contributed by atoms with Gasteiger partial charge in [-0.05, 0) is 24.6 Å². The van der Waals surface area contributed by atoms with Crippen molar-refractivity contribution in [3.05, 3.63) is 35.4 Å². The normalized spacial score (nSPS) is 19.0. The molecule has 94 valence electrons. The minimum atomic E-state index is -0.396. The summed E-state index contributed by atoms with van der Waals surface area (Å²) in [5.74, 6) is 0. The third-order valence-electron chi connectivity index (χ3n) is 3.57. The summed E-state index contributed by atoms with van der Waals surface area (Å²) in [5.41, 5.74) is 2.69. The van der Waals surface area contributed by atoms with Crippen molar-refractivity contribution < 1.29 is 5.11 Å². The third kappa shape index (κ3) is 2.68. The first-order chi connectivity index (χ1) is 8.26. The van der Waals surface area contributed by atoms with E-state index in [0.717, 1.165) is 25.9 Å². The number of nitrogens with one attached hydrogen (secondary N) is 1. The highest BCUT2D eigenvalue weighted by Crippen LogP contribution is 2.25. The molecule has 1 aromatic rings. The van der Waals surface area contributed by atoms with Crippen molar-refractivity contribution in [2.45, 2.75) is 45.1 Å². The molecular weight excluding hydrogens is 212 g/mol. The van der Waals surface area contributed by atoms with Crippen LogP contribution in [-0.2, 0) is 13.1 Å². The lowest BCUT2D eigenvalue weighted by Gasteiger charge is -2.29. The summed E-state index contributed by atoms with van der Waals surface area (Å²) >= 11 is 0. The lowest BCUT2D eigenvalue weighted by molar-refractivity contribution is -0.0281. The van der Waals surface area contributed by atoms with E-state index < -0.39 is 6.23 Å². The summed E-state index contributed by atoms with van der Waals surface area (Å²) in [5, 5.41) is 13.6. The average Bonchev–Trinajstić information content (AvgIpc) is 2.78. The van der Waals surface area contributed by atoms with Gasteiger partial charge in [-0.25, -0.2) is 0 Å². The number of hydrogen-bond acceptors (Lipinski definition) is 3. The average molecular weight is 234 g/mol. The molecule has 2 atom stereocenters. The van der Waals surface area contributed by atoms with Gasteiger partial charge in [-0.15, -0.1) is 0 Å². The van der Waals surface area contributed by atoms with Gasteiger partial charge in [0.2, 0.25) is 0 Å². The zero-order chi connectivity index (χ0) is 12.3. The molecule has 1 aliphatic rings. The molecule has 0 aliphatic carbocycles. The van der Waals surface area contributed by atoms with Crippen molar-refractivity contribution in [2.75, 3.05) is 7.05 Å². The highest BCUT2D eigenvalue weighted by atomic mass is 16.3. The van der Waals surface area contributed by atoms with E-state index in [-0.39, 0.29) is 6.04 Å². The first-order valence-corrected chi connectivity index (χ1v) is 6.42. The van der Waals surface area contributed by atoms with Crippen LogP contribution in [0.1, 0.15) is 30.9 Å². The van der Waals surface area contributed by atoms with Crippen LogP contribution in [0.4, 0.5) is 0 Å². The standard InChI is InChI=1S/C14H22N2O/c1-3-6-13(15-2)14(17)16-9-11-7-4-5-8-12(11)10-16/h4-5,7-8,13-15,17H,3,6,9-10H2,1-2H3. The Morgan fingerprint density at radius 2 is 1.88 bits per heavy atom. The van der Waals surface area contributed by atoms with E-state index in [1.807, 2.05) is 7.05 Å². The first-order valence-electron chi connectivity index (χ1n) is 6.42. The van der Waals surface area contributed by atoms with Crippen LogP contribution in [0.15, 0.2) is 24.3 Å². The molecule has 2 N–H and O–H groups in total. The van der Waals surface area contributed by atoms with Crippen molar-refractivity contribution >= 4 is 0 Å². The van der Waals surface area contributed by atoms with E-state index in [2.05, 4.69) is 41.4 Å². The van der Waals surface area contributed by atoms with Crippen LogP contribution in [0.5, 0.6) is 0 Å². The molecule has 0 aromatic heterocycles. The van der Waals surface area contributed by atoms with Crippen molar-refractivity contribution in [3.8, 4) is 0 Å². The Balaban J connectivity index is 2.02. The number of nitrogens with zero attached hydrogens (tertiary/aromatic N) is 1.